The molecule has 8 heteroatoms. The molecule has 0 bridgehead atoms. The van der Waals surface area contributed by atoms with Crippen LogP contribution in [0.2, 0.25) is 0 Å². The second kappa shape index (κ2) is 5.09. The third kappa shape index (κ3) is 2.90. The first kappa shape index (κ1) is 13.1. The van der Waals surface area contributed by atoms with Gasteiger partial charge in [0.2, 0.25) is 0 Å². The molecule has 1 aromatic heterocycles. The summed E-state index contributed by atoms with van der Waals surface area (Å²) >= 11 is 0. The van der Waals surface area contributed by atoms with Gasteiger partial charge in [0.1, 0.15) is 5.56 Å². The predicted octanol–water partition coefficient (Wildman–Crippen LogP) is -0.954. The lowest BCUT2D eigenvalue weighted by Crippen LogP contribution is -2.38. The van der Waals surface area contributed by atoms with Gasteiger partial charge in [-0.15, -0.1) is 0 Å². The number of aliphatic carboxylic acids is 1. The number of aromatic amines is 2. The molecule has 0 saturated heterocycles. The highest BCUT2D eigenvalue weighted by atomic mass is 16.4. The van der Waals surface area contributed by atoms with Crippen LogP contribution in [-0.4, -0.2) is 33.0 Å². The van der Waals surface area contributed by atoms with Crippen molar-refractivity contribution >= 4 is 11.9 Å². The molecule has 2 atom stereocenters. The van der Waals surface area contributed by atoms with Crippen LogP contribution in [0, 0.1) is 5.92 Å². The highest BCUT2D eigenvalue weighted by Gasteiger charge is 2.31. The third-order valence-corrected chi connectivity index (χ3v) is 3.18. The Morgan fingerprint density at radius 2 is 2.05 bits per heavy atom. The van der Waals surface area contributed by atoms with E-state index in [4.69, 9.17) is 5.11 Å². The van der Waals surface area contributed by atoms with Gasteiger partial charge in [0.15, 0.2) is 0 Å². The van der Waals surface area contributed by atoms with Crippen molar-refractivity contribution in [1.82, 2.24) is 15.3 Å². The lowest BCUT2D eigenvalue weighted by atomic mass is 10.1. The van der Waals surface area contributed by atoms with Crippen LogP contribution < -0.4 is 16.6 Å². The fourth-order valence-corrected chi connectivity index (χ4v) is 2.18. The van der Waals surface area contributed by atoms with Gasteiger partial charge in [-0.3, -0.25) is 19.4 Å². The maximum absolute atomic E-state index is 11.8. The Bertz CT molecular complexity index is 617. The number of carboxylic acid groups (broad SMARTS) is 1. The maximum Gasteiger partial charge on any atom is 0.325 e. The quantitative estimate of drug-likeness (QED) is 0.560. The van der Waals surface area contributed by atoms with Crippen molar-refractivity contribution in [2.45, 2.75) is 25.3 Å². The minimum Gasteiger partial charge on any atom is -0.481 e. The Morgan fingerprint density at radius 1 is 1.32 bits per heavy atom. The summed E-state index contributed by atoms with van der Waals surface area (Å²) in [5.41, 5.74) is -1.65. The minimum atomic E-state index is -0.876. The summed E-state index contributed by atoms with van der Waals surface area (Å²) in [7, 11) is 0. The number of aromatic nitrogens is 2. The van der Waals surface area contributed by atoms with E-state index < -0.39 is 29.0 Å². The normalized spacial score (nSPS) is 22.1. The number of carboxylic acids is 1. The molecule has 19 heavy (non-hydrogen) atoms. The smallest absolute Gasteiger partial charge is 0.325 e. The van der Waals surface area contributed by atoms with Crippen molar-refractivity contribution in [3.8, 4) is 0 Å². The summed E-state index contributed by atoms with van der Waals surface area (Å²) in [6, 6.07) is -0.264. The van der Waals surface area contributed by atoms with E-state index in [9.17, 15) is 19.2 Å². The first-order valence-corrected chi connectivity index (χ1v) is 5.83. The monoisotopic (exact) mass is 267 g/mol. The van der Waals surface area contributed by atoms with Crippen molar-refractivity contribution in [1.29, 1.82) is 0 Å². The molecule has 1 aliphatic carbocycles. The number of H-pyrrole nitrogens is 2. The van der Waals surface area contributed by atoms with E-state index in [0.717, 1.165) is 6.20 Å². The van der Waals surface area contributed by atoms with E-state index >= 15 is 0 Å². The van der Waals surface area contributed by atoms with Crippen LogP contribution in [0.4, 0.5) is 0 Å². The number of nitrogens with one attached hydrogen (secondary N) is 3. The van der Waals surface area contributed by atoms with E-state index in [1.54, 1.807) is 0 Å². The summed E-state index contributed by atoms with van der Waals surface area (Å²) in [6.45, 7) is 0. The van der Waals surface area contributed by atoms with E-state index in [1.165, 1.54) is 0 Å². The SMILES string of the molecule is O=C(NC1CCC(C(=O)O)C1)c1c[nH]c(=O)[nH]c1=O. The largest absolute Gasteiger partial charge is 0.481 e. The minimum absolute atomic E-state index is 0.196. The first-order valence-electron chi connectivity index (χ1n) is 5.83. The maximum atomic E-state index is 11.8. The van der Waals surface area contributed by atoms with Crippen molar-refractivity contribution < 1.29 is 14.7 Å². The highest BCUT2D eigenvalue weighted by Crippen LogP contribution is 2.25. The number of carbonyl (C=O) groups is 2. The Balaban J connectivity index is 2.04. The molecular weight excluding hydrogens is 254 g/mol. The summed E-state index contributed by atoms with van der Waals surface area (Å²) in [6.07, 6.45) is 2.45. The third-order valence-electron chi connectivity index (χ3n) is 3.18. The van der Waals surface area contributed by atoms with Gasteiger partial charge in [-0.2, -0.15) is 0 Å². The Hall–Kier alpha value is -2.38. The molecule has 4 N–H and O–H groups in total. The summed E-state index contributed by atoms with van der Waals surface area (Å²) in [5, 5.41) is 11.4. The van der Waals surface area contributed by atoms with Gasteiger partial charge in [0, 0.05) is 12.2 Å². The van der Waals surface area contributed by atoms with Crippen LogP contribution in [0.5, 0.6) is 0 Å². The zero-order valence-corrected chi connectivity index (χ0v) is 9.93. The topological polar surface area (TPSA) is 132 Å². The van der Waals surface area contributed by atoms with E-state index in [0.29, 0.717) is 19.3 Å². The molecule has 1 aliphatic rings. The number of carbonyl (C=O) groups excluding carboxylic acids is 1. The number of rotatable bonds is 3. The van der Waals surface area contributed by atoms with E-state index in [1.807, 2.05) is 4.98 Å². The lowest BCUT2D eigenvalue weighted by molar-refractivity contribution is -0.141. The predicted molar refractivity (Wildman–Crippen MR) is 63.9 cm³/mol. The molecule has 1 fully saturated rings. The molecule has 0 aliphatic heterocycles. The molecule has 0 aromatic carbocycles. The fraction of sp³-hybridized carbons (Fsp3) is 0.455. The molecule has 1 saturated carbocycles. The molecule has 1 aromatic rings. The highest BCUT2D eigenvalue weighted by molar-refractivity contribution is 5.93. The Morgan fingerprint density at radius 3 is 2.63 bits per heavy atom. The van der Waals surface area contributed by atoms with Crippen LogP contribution in [-0.2, 0) is 4.79 Å². The zero-order valence-electron chi connectivity index (χ0n) is 9.93. The standard InChI is InChI=1S/C11H13N3O5/c15-8(7-4-12-11(19)14-9(7)16)13-6-2-1-5(3-6)10(17)18/h4-6H,1-3H2,(H,13,15)(H,17,18)(H2,12,14,16,19). The second-order valence-corrected chi connectivity index (χ2v) is 4.50. The summed E-state index contributed by atoms with van der Waals surface area (Å²) in [4.78, 5) is 49.0. The molecule has 1 heterocycles. The van der Waals surface area contributed by atoms with Gasteiger partial charge in [-0.1, -0.05) is 0 Å². The Labute approximate surface area is 106 Å². The summed E-state index contributed by atoms with van der Waals surface area (Å²) < 4.78 is 0. The molecular formula is C11H13N3O5. The van der Waals surface area contributed by atoms with E-state index in [2.05, 4.69) is 10.3 Å². The van der Waals surface area contributed by atoms with Gasteiger partial charge in [0.25, 0.3) is 11.5 Å². The lowest BCUT2D eigenvalue weighted by Gasteiger charge is -2.11. The molecule has 2 rings (SSSR count). The van der Waals surface area contributed by atoms with Crippen LogP contribution >= 0.6 is 0 Å². The number of amides is 1. The fourth-order valence-electron chi connectivity index (χ4n) is 2.18. The van der Waals surface area contributed by atoms with Gasteiger partial charge in [-0.25, -0.2) is 4.79 Å². The second-order valence-electron chi connectivity index (χ2n) is 4.50. The molecule has 2 unspecified atom stereocenters. The molecule has 0 spiro atoms. The zero-order chi connectivity index (χ0) is 14.0. The van der Waals surface area contributed by atoms with Crippen molar-refractivity contribution in [3.63, 3.8) is 0 Å². The van der Waals surface area contributed by atoms with E-state index in [-0.39, 0.29) is 11.6 Å². The van der Waals surface area contributed by atoms with Gasteiger partial charge in [-0.05, 0) is 19.3 Å². The molecule has 1 amide bonds. The molecule has 8 nitrogen and oxygen atoms in total. The molecule has 0 radical (unpaired) electrons. The van der Waals surface area contributed by atoms with Crippen LogP contribution in [0.25, 0.3) is 0 Å². The number of hydrogen-bond acceptors (Lipinski definition) is 4. The average Bonchev–Trinajstić information content (AvgIpc) is 2.77. The van der Waals surface area contributed by atoms with Gasteiger partial charge >= 0.3 is 11.7 Å². The van der Waals surface area contributed by atoms with Gasteiger partial charge in [0.05, 0.1) is 5.92 Å². The average molecular weight is 267 g/mol. The number of hydrogen-bond donors (Lipinski definition) is 4. The first-order chi connectivity index (χ1) is 8.97. The van der Waals surface area contributed by atoms with Crippen molar-refractivity contribution in [3.05, 3.63) is 32.6 Å². The van der Waals surface area contributed by atoms with Crippen LogP contribution in [0.15, 0.2) is 15.8 Å². The molecule has 102 valence electrons. The van der Waals surface area contributed by atoms with Crippen LogP contribution in [0.3, 0.4) is 0 Å². The van der Waals surface area contributed by atoms with Crippen molar-refractivity contribution in [2.24, 2.45) is 5.92 Å². The summed E-state index contributed by atoms with van der Waals surface area (Å²) in [5.74, 6) is -1.95. The van der Waals surface area contributed by atoms with Crippen LogP contribution in [0.1, 0.15) is 29.6 Å². The van der Waals surface area contributed by atoms with Crippen molar-refractivity contribution in [2.75, 3.05) is 0 Å². The van der Waals surface area contributed by atoms with Gasteiger partial charge < -0.3 is 15.4 Å². The Kier molecular flexibility index (Phi) is 3.50.